The molecule has 7 rings (SSSR count). The fraction of sp³-hybridized carbons (Fsp3) is 0.389. The zero-order valence-corrected chi connectivity index (χ0v) is 14.3. The Kier molecular flexibility index (Phi) is 3.28. The molecule has 1 fully saturated rings. The first kappa shape index (κ1) is 15.4. The van der Waals surface area contributed by atoms with Crippen molar-refractivity contribution in [3.63, 3.8) is 0 Å². The molecule has 1 saturated carbocycles. The number of anilines is 4. The van der Waals surface area contributed by atoms with E-state index in [2.05, 4.69) is 20.2 Å². The standard InChI is InChI=1S/C18H19FN6O/c1-24-15-8-26-16-7-21-18(23-17(16)24)22-11-2-3-14(13(19)6-11)25(9-20)12-4-10(15)5-12/h2-3,6-7,9-10,12,15,20H,4-5,8H2,1H3,(H,21,22,23). The highest BCUT2D eigenvalue weighted by atomic mass is 19.1. The predicted octanol–water partition coefficient (Wildman–Crippen LogP) is 2.76. The molecule has 5 aliphatic rings. The van der Waals surface area contributed by atoms with Gasteiger partial charge < -0.3 is 19.9 Å². The molecule has 4 aliphatic heterocycles. The van der Waals surface area contributed by atoms with Crippen LogP contribution in [0.1, 0.15) is 12.8 Å². The van der Waals surface area contributed by atoms with Crippen LogP contribution in [-0.4, -0.2) is 42.0 Å². The van der Waals surface area contributed by atoms with E-state index in [0.29, 0.717) is 35.6 Å². The molecule has 8 heteroatoms. The zero-order chi connectivity index (χ0) is 17.8. The van der Waals surface area contributed by atoms with Gasteiger partial charge in [-0.05, 0) is 37.0 Å². The molecule has 1 aliphatic carbocycles. The molecule has 0 spiro atoms. The Morgan fingerprint density at radius 2 is 2.23 bits per heavy atom. The largest absolute Gasteiger partial charge is 0.486 e. The Labute approximate surface area is 150 Å². The lowest BCUT2D eigenvalue weighted by Crippen LogP contribution is -2.55. The van der Waals surface area contributed by atoms with Gasteiger partial charge in [0.25, 0.3) is 0 Å². The first-order valence-corrected chi connectivity index (χ1v) is 8.72. The second kappa shape index (κ2) is 5.55. The summed E-state index contributed by atoms with van der Waals surface area (Å²) in [6, 6.07) is 5.24. The highest BCUT2D eigenvalue weighted by Crippen LogP contribution is 2.42. The molecule has 26 heavy (non-hydrogen) atoms. The number of nitrogens with zero attached hydrogens (tertiary/aromatic N) is 4. The van der Waals surface area contributed by atoms with Gasteiger partial charge in [-0.25, -0.2) is 9.37 Å². The Bertz CT molecular complexity index is 884. The third kappa shape index (κ3) is 2.21. The summed E-state index contributed by atoms with van der Waals surface area (Å²) in [4.78, 5) is 12.8. The van der Waals surface area contributed by atoms with Crippen molar-refractivity contribution >= 4 is 29.5 Å². The van der Waals surface area contributed by atoms with Crippen molar-refractivity contribution < 1.29 is 9.13 Å². The van der Waals surface area contributed by atoms with Gasteiger partial charge in [0.1, 0.15) is 12.4 Å². The topological polar surface area (TPSA) is 77.4 Å². The smallest absolute Gasteiger partial charge is 0.229 e. The van der Waals surface area contributed by atoms with E-state index in [1.54, 1.807) is 23.2 Å². The van der Waals surface area contributed by atoms with Crippen molar-refractivity contribution in [1.29, 1.82) is 5.41 Å². The number of hydrogen-bond acceptors (Lipinski definition) is 6. The van der Waals surface area contributed by atoms with E-state index < -0.39 is 0 Å². The summed E-state index contributed by atoms with van der Waals surface area (Å²) in [6.45, 7) is 0.587. The molecule has 1 aromatic carbocycles. The van der Waals surface area contributed by atoms with E-state index in [9.17, 15) is 4.39 Å². The van der Waals surface area contributed by atoms with Crippen molar-refractivity contribution in [3.05, 3.63) is 30.2 Å². The second-order valence-electron chi connectivity index (χ2n) is 7.08. The van der Waals surface area contributed by atoms with Gasteiger partial charge in [0.15, 0.2) is 11.6 Å². The summed E-state index contributed by atoms with van der Waals surface area (Å²) in [5, 5.41) is 10.8. The van der Waals surface area contributed by atoms with Crippen LogP contribution in [0.25, 0.3) is 0 Å². The fourth-order valence-corrected chi connectivity index (χ4v) is 4.14. The average molecular weight is 354 g/mol. The maximum absolute atomic E-state index is 14.7. The minimum Gasteiger partial charge on any atom is -0.486 e. The summed E-state index contributed by atoms with van der Waals surface area (Å²) < 4.78 is 20.5. The van der Waals surface area contributed by atoms with Gasteiger partial charge >= 0.3 is 0 Å². The molecule has 1 aromatic heterocycles. The first-order chi connectivity index (χ1) is 12.6. The van der Waals surface area contributed by atoms with Crippen molar-refractivity contribution in [1.82, 2.24) is 9.97 Å². The van der Waals surface area contributed by atoms with Gasteiger partial charge in [-0.15, -0.1) is 0 Å². The summed E-state index contributed by atoms with van der Waals surface area (Å²) in [5.41, 5.74) is 0.992. The average Bonchev–Trinajstić information content (AvgIpc) is 2.59. The van der Waals surface area contributed by atoms with E-state index >= 15 is 0 Å². The van der Waals surface area contributed by atoms with Crippen LogP contribution in [0.5, 0.6) is 5.75 Å². The Balaban J connectivity index is 1.62. The molecule has 1 atom stereocenters. The molecule has 2 aromatic rings. The lowest BCUT2D eigenvalue weighted by Gasteiger charge is -2.49. The summed E-state index contributed by atoms with van der Waals surface area (Å²) in [5.74, 6) is 1.87. The molecule has 7 bridgehead atoms. The molecule has 7 nitrogen and oxygen atoms in total. The molecular formula is C18H19FN6O. The summed E-state index contributed by atoms with van der Waals surface area (Å²) in [6.07, 6.45) is 4.67. The van der Waals surface area contributed by atoms with Crippen LogP contribution in [0, 0.1) is 17.1 Å². The quantitative estimate of drug-likeness (QED) is 0.606. The molecule has 5 heterocycles. The number of hydrogen-bond donors (Lipinski definition) is 2. The third-order valence-electron chi connectivity index (χ3n) is 5.69. The number of aromatic nitrogens is 2. The fourth-order valence-electron chi connectivity index (χ4n) is 4.14. The van der Waals surface area contributed by atoms with Crippen molar-refractivity contribution in [2.45, 2.75) is 24.9 Å². The first-order valence-electron chi connectivity index (χ1n) is 8.72. The van der Waals surface area contributed by atoms with Gasteiger partial charge in [-0.1, -0.05) is 0 Å². The van der Waals surface area contributed by atoms with Crippen LogP contribution in [0.2, 0.25) is 0 Å². The molecule has 2 N–H and O–H groups in total. The third-order valence-corrected chi connectivity index (χ3v) is 5.69. The monoisotopic (exact) mass is 354 g/mol. The second-order valence-corrected chi connectivity index (χ2v) is 7.08. The van der Waals surface area contributed by atoms with Crippen LogP contribution in [0.3, 0.4) is 0 Å². The van der Waals surface area contributed by atoms with Crippen LogP contribution in [0.15, 0.2) is 24.4 Å². The normalized spacial score (nSPS) is 25.8. The van der Waals surface area contributed by atoms with Crippen LogP contribution in [0.4, 0.5) is 27.5 Å². The van der Waals surface area contributed by atoms with E-state index in [4.69, 9.17) is 10.1 Å². The highest BCUT2D eigenvalue weighted by molar-refractivity contribution is 5.79. The lowest BCUT2D eigenvalue weighted by molar-refractivity contribution is 0.153. The maximum Gasteiger partial charge on any atom is 0.229 e. The Hall–Kier alpha value is -2.90. The Morgan fingerprint density at radius 1 is 1.38 bits per heavy atom. The van der Waals surface area contributed by atoms with E-state index in [1.807, 2.05) is 7.05 Å². The minimum absolute atomic E-state index is 0.129. The SMILES string of the molecule is CN1c2nc3ncc2OCC1C1CC(C1)N(C=N)c1ccc(cc1F)N3. The number of ether oxygens (including phenoxy) is 1. The van der Waals surface area contributed by atoms with Crippen LogP contribution in [-0.2, 0) is 0 Å². The predicted molar refractivity (Wildman–Crippen MR) is 97.2 cm³/mol. The highest BCUT2D eigenvalue weighted by Gasteiger charge is 2.43. The van der Waals surface area contributed by atoms with Crippen LogP contribution >= 0.6 is 0 Å². The molecule has 0 amide bonds. The zero-order valence-electron chi connectivity index (χ0n) is 14.3. The molecule has 0 saturated heterocycles. The van der Waals surface area contributed by atoms with Crippen molar-refractivity contribution in [2.75, 3.05) is 28.8 Å². The van der Waals surface area contributed by atoms with Gasteiger partial charge in [0.05, 0.1) is 24.3 Å². The van der Waals surface area contributed by atoms with E-state index in [-0.39, 0.29) is 17.9 Å². The van der Waals surface area contributed by atoms with Crippen molar-refractivity contribution in [3.8, 4) is 5.75 Å². The molecule has 134 valence electrons. The number of fused-ring (bicyclic) bond motifs is 1. The number of halogens is 1. The number of rotatable bonds is 1. The number of nitrogens with one attached hydrogen (secondary N) is 2. The lowest BCUT2D eigenvalue weighted by atomic mass is 9.74. The van der Waals surface area contributed by atoms with E-state index in [1.165, 1.54) is 12.4 Å². The van der Waals surface area contributed by atoms with Gasteiger partial charge in [0.2, 0.25) is 5.95 Å². The molecule has 1 unspecified atom stereocenters. The van der Waals surface area contributed by atoms with E-state index in [0.717, 1.165) is 18.7 Å². The van der Waals surface area contributed by atoms with Crippen LogP contribution < -0.4 is 19.9 Å². The van der Waals surface area contributed by atoms with Gasteiger partial charge in [-0.2, -0.15) is 4.98 Å². The van der Waals surface area contributed by atoms with Crippen molar-refractivity contribution in [2.24, 2.45) is 5.92 Å². The number of likely N-dealkylation sites (N-methyl/N-ethyl adjacent to an activating group) is 1. The molecular weight excluding hydrogens is 335 g/mol. The maximum atomic E-state index is 14.7. The molecule has 0 radical (unpaired) electrons. The minimum atomic E-state index is -0.361. The number of benzene rings is 1. The summed E-state index contributed by atoms with van der Waals surface area (Å²) in [7, 11) is 2.03. The summed E-state index contributed by atoms with van der Waals surface area (Å²) >= 11 is 0. The van der Waals surface area contributed by atoms with Gasteiger partial charge in [0, 0.05) is 18.8 Å². The Morgan fingerprint density at radius 3 is 3.00 bits per heavy atom. The van der Waals surface area contributed by atoms with Gasteiger partial charge in [-0.3, -0.25) is 5.41 Å².